The summed E-state index contributed by atoms with van der Waals surface area (Å²) in [4.78, 5) is 20.9. The Balaban J connectivity index is 1.21. The number of hydrogen-bond acceptors (Lipinski definition) is 6. The Labute approximate surface area is 306 Å². The number of aromatic nitrogens is 2. The summed E-state index contributed by atoms with van der Waals surface area (Å²) in [5.41, 5.74) is 4.43. The third kappa shape index (κ3) is 5.43. The van der Waals surface area contributed by atoms with Crippen LogP contribution in [0.4, 0.5) is 4.39 Å². The fraction of sp³-hybridized carbons (Fsp3) is 0.500. The summed E-state index contributed by atoms with van der Waals surface area (Å²) in [6.45, 7) is 4.00. The number of benzene rings is 2. The van der Waals surface area contributed by atoms with Crippen LogP contribution < -0.4 is 5.32 Å². The molecule has 1 amide bonds. The highest BCUT2D eigenvalue weighted by molar-refractivity contribution is 6.43. The number of carbonyl (C=O) groups excluding carboxylic acids is 1. The van der Waals surface area contributed by atoms with Gasteiger partial charge < -0.3 is 19.5 Å². The lowest BCUT2D eigenvalue weighted by atomic mass is 9.76. The Bertz CT molecular complexity index is 2170. The van der Waals surface area contributed by atoms with Crippen LogP contribution in [-0.2, 0) is 16.0 Å². The van der Waals surface area contributed by atoms with Gasteiger partial charge in [0.2, 0.25) is 5.91 Å². The molecule has 6 fully saturated rings. The highest BCUT2D eigenvalue weighted by atomic mass is 35.5. The number of nitrogens with one attached hydrogen (secondary N) is 1. The molecule has 51 heavy (non-hydrogen) atoms. The Morgan fingerprint density at radius 3 is 2.67 bits per heavy atom. The zero-order valence-electron chi connectivity index (χ0n) is 28.5. The largest absolute Gasteiger partial charge is 0.376 e. The van der Waals surface area contributed by atoms with E-state index < -0.39 is 5.82 Å². The summed E-state index contributed by atoms with van der Waals surface area (Å²) in [7, 11) is 0. The van der Waals surface area contributed by atoms with Crippen molar-refractivity contribution >= 4 is 50.9 Å². The number of carbonyl (C=O) groups is 1. The number of hydrogen-bond donors (Lipinski definition) is 1. The molecule has 3 saturated carbocycles. The van der Waals surface area contributed by atoms with E-state index >= 15 is 4.39 Å². The molecule has 4 aromatic rings. The first-order chi connectivity index (χ1) is 24.7. The summed E-state index contributed by atoms with van der Waals surface area (Å²) >= 11 is 13.1. The zero-order chi connectivity index (χ0) is 35.1. The predicted molar refractivity (Wildman–Crippen MR) is 194 cm³/mol. The van der Waals surface area contributed by atoms with Crippen LogP contribution in [0.1, 0.15) is 74.0 Å². The molecular weight excluding hydrogens is 686 g/mol. The van der Waals surface area contributed by atoms with E-state index in [1.807, 2.05) is 13.0 Å². The van der Waals surface area contributed by atoms with E-state index in [1.54, 1.807) is 18.2 Å². The summed E-state index contributed by atoms with van der Waals surface area (Å²) in [5.74, 6) is 0.716. The number of aryl methyl sites for hydroxylation is 2. The molecule has 5 unspecified atom stereocenters. The lowest BCUT2D eigenvalue weighted by molar-refractivity contribution is -0.134. The third-order valence-electron chi connectivity index (χ3n) is 12.2. The van der Waals surface area contributed by atoms with Gasteiger partial charge in [0.1, 0.15) is 5.52 Å². The maximum Gasteiger partial charge on any atom is 0.226 e. The number of nitrogens with zero attached hydrogens (tertiary/aromatic N) is 5. The van der Waals surface area contributed by atoms with Crippen LogP contribution in [0.15, 0.2) is 30.3 Å². The molecule has 5 heterocycles. The Morgan fingerprint density at radius 1 is 1.14 bits per heavy atom. The average molecular weight is 726 g/mol. The van der Waals surface area contributed by atoms with Crippen LogP contribution in [0.25, 0.3) is 32.9 Å². The normalized spacial score (nSPS) is 28.1. The first kappa shape index (κ1) is 33.1. The highest BCUT2D eigenvalue weighted by Gasteiger charge is 2.51. The number of pyridine rings is 1. The van der Waals surface area contributed by atoms with Gasteiger partial charge in [-0.3, -0.25) is 4.79 Å². The van der Waals surface area contributed by atoms with Crippen LogP contribution in [-0.4, -0.2) is 52.2 Å². The molecule has 8 nitrogen and oxygen atoms in total. The monoisotopic (exact) mass is 724 g/mol. The van der Waals surface area contributed by atoms with Gasteiger partial charge in [-0.25, -0.2) is 9.37 Å². The third-order valence-corrected chi connectivity index (χ3v) is 13.1. The molecule has 0 radical (unpaired) electrons. The molecule has 3 saturated heterocycles. The van der Waals surface area contributed by atoms with Gasteiger partial charge in [-0.05, 0) is 81.0 Å². The second-order valence-corrected chi connectivity index (χ2v) is 16.2. The molecule has 6 aliphatic rings. The van der Waals surface area contributed by atoms with Crippen molar-refractivity contribution in [3.05, 3.63) is 63.1 Å². The van der Waals surface area contributed by atoms with Crippen molar-refractivity contribution in [3.63, 3.8) is 0 Å². The second-order valence-electron chi connectivity index (χ2n) is 15.4. The Hall–Kier alpha value is -3.73. The van der Waals surface area contributed by atoms with E-state index in [9.17, 15) is 15.3 Å². The fourth-order valence-corrected chi connectivity index (χ4v) is 9.75. The topological polar surface area (TPSA) is 107 Å². The van der Waals surface area contributed by atoms with Crippen molar-refractivity contribution in [3.8, 4) is 23.3 Å². The summed E-state index contributed by atoms with van der Waals surface area (Å²) in [6.07, 6.45) is 5.80. The molecule has 3 aliphatic heterocycles. The lowest BCUT2D eigenvalue weighted by Crippen LogP contribution is -2.41. The maximum atomic E-state index is 17.2. The Morgan fingerprint density at radius 2 is 1.96 bits per heavy atom. The SMILES string of the molecule is Cc1nc2c(F)c(-c3cccc(Cl)c3Cl)c(CCC#N)cc2c2c1cc(C1CC(OCC3CC(C#N)C3)CN1C(=O)C1CC1)n2C1C2CNC1C2. The van der Waals surface area contributed by atoms with Crippen LogP contribution in [0.2, 0.25) is 10.0 Å². The van der Waals surface area contributed by atoms with E-state index in [0.717, 1.165) is 55.2 Å². The van der Waals surface area contributed by atoms with Gasteiger partial charge in [-0.1, -0.05) is 35.3 Å². The standard InChI is InChI=1S/C40H39Cl2FN6O2/c1-20-28-15-33(32-14-26(18-48(32)40(50)23-7-8-23)51-19-22-10-21(11-22)16-45)49(38-25-13-31(38)46-17-25)39(28)29-12-24(4-3-9-44)34(36(43)37(29)47-20)27-5-2-6-30(41)35(27)42/h2,5-6,12,15,21-23,25-26,31-32,38,46H,3-4,7-8,10-11,13-14,17-19H2,1H3. The van der Waals surface area contributed by atoms with Crippen molar-refractivity contribution < 1.29 is 13.9 Å². The van der Waals surface area contributed by atoms with Crippen LogP contribution in [0.5, 0.6) is 0 Å². The molecule has 10 rings (SSSR count). The zero-order valence-corrected chi connectivity index (χ0v) is 30.0. The summed E-state index contributed by atoms with van der Waals surface area (Å²) in [6, 6.07) is 14.2. The molecule has 2 aromatic carbocycles. The van der Waals surface area contributed by atoms with E-state index in [1.165, 1.54) is 0 Å². The number of rotatable bonds is 9. The average Bonchev–Trinajstić information content (AvgIpc) is 3.40. The first-order valence-corrected chi connectivity index (χ1v) is 19.0. The van der Waals surface area contributed by atoms with Crippen LogP contribution >= 0.6 is 23.2 Å². The fourth-order valence-electron chi connectivity index (χ4n) is 9.35. The van der Waals surface area contributed by atoms with Gasteiger partial charge >= 0.3 is 0 Å². The van der Waals surface area contributed by atoms with Gasteiger partial charge in [0, 0.05) is 83.7 Å². The minimum atomic E-state index is -0.479. The van der Waals surface area contributed by atoms with Crippen molar-refractivity contribution in [1.82, 2.24) is 19.8 Å². The van der Waals surface area contributed by atoms with Crippen molar-refractivity contribution in [2.24, 2.45) is 23.7 Å². The summed E-state index contributed by atoms with van der Waals surface area (Å²) in [5, 5.41) is 24.8. The number of halogens is 3. The van der Waals surface area contributed by atoms with E-state index in [2.05, 4.69) is 33.0 Å². The van der Waals surface area contributed by atoms with E-state index in [4.69, 9.17) is 32.9 Å². The van der Waals surface area contributed by atoms with Gasteiger partial charge in [0.25, 0.3) is 0 Å². The number of fused-ring (bicyclic) bond motifs is 4. The molecule has 3 aliphatic carbocycles. The Kier molecular flexibility index (Phi) is 8.28. The molecular formula is C40H39Cl2FN6O2. The minimum absolute atomic E-state index is 0.0615. The quantitative estimate of drug-likeness (QED) is 0.187. The van der Waals surface area contributed by atoms with E-state index in [-0.39, 0.29) is 58.9 Å². The van der Waals surface area contributed by atoms with Gasteiger partial charge in [0.15, 0.2) is 5.82 Å². The molecule has 0 spiro atoms. The van der Waals surface area contributed by atoms with E-state index in [0.29, 0.717) is 70.6 Å². The molecule has 1 N–H and O–H groups in total. The minimum Gasteiger partial charge on any atom is -0.376 e. The van der Waals surface area contributed by atoms with Crippen LogP contribution in [0, 0.1) is 59.1 Å². The smallest absolute Gasteiger partial charge is 0.226 e. The molecule has 2 aromatic heterocycles. The predicted octanol–water partition coefficient (Wildman–Crippen LogP) is 8.22. The van der Waals surface area contributed by atoms with Crippen molar-refractivity contribution in [2.45, 2.75) is 82.5 Å². The molecule has 5 atom stereocenters. The molecule has 2 bridgehead atoms. The van der Waals surface area contributed by atoms with Gasteiger partial charge in [-0.15, -0.1) is 0 Å². The van der Waals surface area contributed by atoms with Crippen molar-refractivity contribution in [1.29, 1.82) is 10.5 Å². The number of nitriles is 2. The summed E-state index contributed by atoms with van der Waals surface area (Å²) < 4.78 is 26.1. The number of ether oxygens (including phenoxy) is 1. The first-order valence-electron chi connectivity index (χ1n) is 18.3. The molecule has 262 valence electrons. The molecule has 11 heteroatoms. The lowest BCUT2D eigenvalue weighted by Gasteiger charge is -2.39. The number of amides is 1. The maximum absolute atomic E-state index is 17.2. The van der Waals surface area contributed by atoms with Gasteiger partial charge in [0.05, 0.1) is 45.9 Å². The van der Waals surface area contributed by atoms with Crippen LogP contribution in [0.3, 0.4) is 0 Å². The number of likely N-dealkylation sites (tertiary alicyclic amines) is 1. The van der Waals surface area contributed by atoms with Crippen molar-refractivity contribution in [2.75, 3.05) is 19.7 Å². The highest BCUT2D eigenvalue weighted by Crippen LogP contribution is 2.51. The second kappa shape index (κ2) is 12.7. The van der Waals surface area contributed by atoms with Gasteiger partial charge in [-0.2, -0.15) is 10.5 Å².